The summed E-state index contributed by atoms with van der Waals surface area (Å²) in [5.74, 6) is 0. The van der Waals surface area contributed by atoms with Crippen LogP contribution in [0.4, 0.5) is 4.79 Å². The maximum atomic E-state index is 12.9. The van der Waals surface area contributed by atoms with E-state index in [1.54, 1.807) is 0 Å². The third kappa shape index (κ3) is 11.0. The monoisotopic (exact) mass is 539 g/mol. The molecule has 0 fully saturated rings. The van der Waals surface area contributed by atoms with Crippen molar-refractivity contribution in [1.29, 1.82) is 0 Å². The lowest BCUT2D eigenvalue weighted by Crippen LogP contribution is -2.57. The molecule has 6 nitrogen and oxygen atoms in total. The van der Waals surface area contributed by atoms with E-state index in [9.17, 15) is 4.79 Å². The fourth-order valence-electron chi connectivity index (χ4n) is 2.87. The summed E-state index contributed by atoms with van der Waals surface area (Å²) < 4.78 is 25.2. The molecule has 1 N–H and O–H groups in total. The number of carbonyl (C=O) groups is 1. The lowest BCUT2D eigenvalue weighted by molar-refractivity contribution is -0.00108. The Morgan fingerprint density at radius 2 is 1.36 bits per heavy atom. The number of rotatable bonds is 11. The summed E-state index contributed by atoms with van der Waals surface area (Å²) in [5.41, 5.74) is 0.492. The van der Waals surface area contributed by atoms with E-state index in [-0.39, 0.29) is 16.2 Å². The molecule has 0 aliphatic rings. The van der Waals surface area contributed by atoms with E-state index in [1.807, 2.05) is 51.1 Å². The van der Waals surface area contributed by atoms with E-state index in [4.69, 9.17) is 18.3 Å². The quantitative estimate of drug-likeness (QED) is 0.295. The molecule has 1 amide bonds. The second-order valence-electron chi connectivity index (χ2n) is 13.7. The molecular formula is C28H53NO5Si2. The van der Waals surface area contributed by atoms with Gasteiger partial charge in [-0.2, -0.15) is 0 Å². The Balaban J connectivity index is 3.23. The summed E-state index contributed by atoms with van der Waals surface area (Å²) in [5, 5.41) is 3.12. The number of hydrogen-bond donors (Lipinski definition) is 1. The van der Waals surface area contributed by atoms with Gasteiger partial charge in [0.25, 0.3) is 0 Å². The van der Waals surface area contributed by atoms with Crippen LogP contribution in [0.3, 0.4) is 0 Å². The number of ether oxygens (including phenoxy) is 2. The van der Waals surface area contributed by atoms with Crippen LogP contribution in [0, 0.1) is 0 Å². The minimum Gasteiger partial charge on any atom is -0.444 e. The Morgan fingerprint density at radius 1 is 0.833 bits per heavy atom. The van der Waals surface area contributed by atoms with Crippen molar-refractivity contribution in [3.8, 4) is 0 Å². The van der Waals surface area contributed by atoms with Crippen LogP contribution in [0.15, 0.2) is 30.3 Å². The van der Waals surface area contributed by atoms with Gasteiger partial charge in [0.15, 0.2) is 16.6 Å². The molecule has 0 aliphatic heterocycles. The summed E-state index contributed by atoms with van der Waals surface area (Å²) in [7, 11) is -4.25. The molecule has 208 valence electrons. The molecule has 0 bridgehead atoms. The number of benzene rings is 1. The molecule has 0 heterocycles. The third-order valence-electron chi connectivity index (χ3n) is 7.23. The SMILES string of the molecule is CC(C)(C)OC(=O)N[C@H](CO[Si](C)(C)C(C)(C)C)[C@@H](COCc1ccccc1)O[Si](C)(C)C(C)(C)C. The number of amides is 1. The summed E-state index contributed by atoms with van der Waals surface area (Å²) >= 11 is 0. The average molecular weight is 540 g/mol. The summed E-state index contributed by atoms with van der Waals surface area (Å²) in [6, 6.07) is 9.66. The van der Waals surface area contributed by atoms with Crippen LogP contribution in [0.1, 0.15) is 67.9 Å². The summed E-state index contributed by atoms with van der Waals surface area (Å²) in [6.45, 7) is 28.9. The Hall–Kier alpha value is -1.20. The highest BCUT2D eigenvalue weighted by atomic mass is 28.4. The van der Waals surface area contributed by atoms with Crippen molar-refractivity contribution in [1.82, 2.24) is 5.32 Å². The first-order valence-corrected chi connectivity index (χ1v) is 18.9. The Labute approximate surface area is 223 Å². The Morgan fingerprint density at radius 3 is 1.83 bits per heavy atom. The summed E-state index contributed by atoms with van der Waals surface area (Å²) in [6.07, 6.45) is -0.856. The molecule has 0 radical (unpaired) electrons. The highest BCUT2D eigenvalue weighted by Crippen LogP contribution is 2.39. The number of carbonyl (C=O) groups excluding carboxylic acids is 1. The lowest BCUT2D eigenvalue weighted by atomic mass is 10.2. The van der Waals surface area contributed by atoms with E-state index in [0.717, 1.165) is 5.56 Å². The van der Waals surface area contributed by atoms with Gasteiger partial charge in [0.2, 0.25) is 0 Å². The van der Waals surface area contributed by atoms with Gasteiger partial charge in [0, 0.05) is 0 Å². The molecular weight excluding hydrogens is 486 g/mol. The number of hydrogen-bond acceptors (Lipinski definition) is 5. The molecule has 0 aliphatic carbocycles. The first kappa shape index (κ1) is 32.8. The fraction of sp³-hybridized carbons (Fsp3) is 0.750. The maximum absolute atomic E-state index is 12.9. The number of alkyl carbamates (subject to hydrolysis) is 1. The Bertz CT molecular complexity index is 808. The van der Waals surface area contributed by atoms with Crippen molar-refractivity contribution in [2.24, 2.45) is 0 Å². The van der Waals surface area contributed by atoms with Gasteiger partial charge in [-0.3, -0.25) is 0 Å². The zero-order valence-corrected chi connectivity index (χ0v) is 27.2. The molecule has 8 heteroatoms. The summed E-state index contributed by atoms with van der Waals surface area (Å²) in [4.78, 5) is 12.9. The molecule has 0 spiro atoms. The van der Waals surface area contributed by atoms with Crippen molar-refractivity contribution in [2.45, 2.75) is 123 Å². The molecule has 0 aromatic heterocycles. The van der Waals surface area contributed by atoms with Crippen LogP contribution in [0.25, 0.3) is 0 Å². The molecule has 0 saturated carbocycles. The minimum absolute atomic E-state index is 0.00142. The van der Waals surface area contributed by atoms with E-state index in [2.05, 4.69) is 73.0 Å². The first-order chi connectivity index (χ1) is 16.1. The van der Waals surface area contributed by atoms with Gasteiger partial charge < -0.3 is 23.6 Å². The molecule has 2 atom stereocenters. The number of nitrogens with one attached hydrogen (secondary N) is 1. The van der Waals surface area contributed by atoms with E-state index in [1.165, 1.54) is 0 Å². The molecule has 1 aromatic carbocycles. The van der Waals surface area contributed by atoms with E-state index >= 15 is 0 Å². The molecule has 0 unspecified atom stereocenters. The van der Waals surface area contributed by atoms with Gasteiger partial charge in [0.1, 0.15) is 5.60 Å². The predicted octanol–water partition coefficient (Wildman–Crippen LogP) is 7.51. The predicted molar refractivity (Wildman–Crippen MR) is 154 cm³/mol. The molecule has 1 rings (SSSR count). The van der Waals surface area contributed by atoms with Gasteiger partial charge in [-0.1, -0.05) is 71.9 Å². The highest BCUT2D eigenvalue weighted by Gasteiger charge is 2.43. The van der Waals surface area contributed by atoms with Crippen LogP contribution < -0.4 is 5.32 Å². The Kier molecular flexibility index (Phi) is 11.5. The topological polar surface area (TPSA) is 66.0 Å². The zero-order chi connectivity index (χ0) is 28.0. The van der Waals surface area contributed by atoms with Crippen molar-refractivity contribution in [2.75, 3.05) is 13.2 Å². The standard InChI is InChI=1S/C28H53NO5Si2/c1-26(2,3)33-25(30)29-23(20-32-35(10,11)27(4,5)6)24(34-36(12,13)28(7,8)9)21-31-19-22-17-15-14-16-18-22/h14-18,23-24H,19-21H2,1-13H3,(H,29,30)/t23-,24-/m1/s1. The minimum atomic E-state index is -2.19. The average Bonchev–Trinajstić information content (AvgIpc) is 2.68. The van der Waals surface area contributed by atoms with Crippen LogP contribution in [0.2, 0.25) is 36.3 Å². The van der Waals surface area contributed by atoms with Crippen LogP contribution in [0.5, 0.6) is 0 Å². The van der Waals surface area contributed by atoms with Gasteiger partial charge in [-0.05, 0) is 62.6 Å². The van der Waals surface area contributed by atoms with Crippen molar-refractivity contribution < 1.29 is 23.1 Å². The van der Waals surface area contributed by atoms with Crippen molar-refractivity contribution in [3.63, 3.8) is 0 Å². The maximum Gasteiger partial charge on any atom is 0.408 e. The highest BCUT2D eigenvalue weighted by molar-refractivity contribution is 6.74. The molecule has 0 saturated heterocycles. The van der Waals surface area contributed by atoms with Gasteiger partial charge in [-0.15, -0.1) is 0 Å². The first-order valence-electron chi connectivity index (χ1n) is 13.1. The lowest BCUT2D eigenvalue weighted by Gasteiger charge is -2.43. The molecule has 1 aromatic rings. The largest absolute Gasteiger partial charge is 0.444 e. The van der Waals surface area contributed by atoms with E-state index < -0.39 is 34.4 Å². The van der Waals surface area contributed by atoms with Gasteiger partial charge in [-0.25, -0.2) is 4.79 Å². The molecule has 36 heavy (non-hydrogen) atoms. The second-order valence-corrected chi connectivity index (χ2v) is 23.3. The zero-order valence-electron chi connectivity index (χ0n) is 25.2. The van der Waals surface area contributed by atoms with Crippen LogP contribution in [-0.2, 0) is 24.9 Å². The van der Waals surface area contributed by atoms with Crippen LogP contribution in [-0.4, -0.2) is 53.7 Å². The van der Waals surface area contributed by atoms with Crippen LogP contribution >= 0.6 is 0 Å². The third-order valence-corrected chi connectivity index (χ3v) is 16.2. The second kappa shape index (κ2) is 12.6. The van der Waals surface area contributed by atoms with Gasteiger partial charge in [0.05, 0.1) is 32.0 Å². The van der Waals surface area contributed by atoms with E-state index in [0.29, 0.717) is 19.8 Å². The smallest absolute Gasteiger partial charge is 0.408 e. The van der Waals surface area contributed by atoms with Gasteiger partial charge >= 0.3 is 6.09 Å². The van der Waals surface area contributed by atoms with Crippen molar-refractivity contribution in [3.05, 3.63) is 35.9 Å². The van der Waals surface area contributed by atoms with Crippen molar-refractivity contribution >= 4 is 22.7 Å². The fourth-order valence-corrected chi connectivity index (χ4v) is 5.24. The normalized spacial score (nSPS) is 15.4.